The summed E-state index contributed by atoms with van der Waals surface area (Å²) < 4.78 is 11.3. The Morgan fingerprint density at radius 3 is 1.39 bits per heavy atom. The van der Waals surface area contributed by atoms with E-state index in [9.17, 15) is 0 Å². The van der Waals surface area contributed by atoms with Crippen LogP contribution in [0.2, 0.25) is 0 Å². The zero-order valence-corrected chi connectivity index (χ0v) is 19.6. The van der Waals surface area contributed by atoms with E-state index >= 15 is 0 Å². The molecule has 1 radical (unpaired) electrons. The van der Waals surface area contributed by atoms with Gasteiger partial charge in [0.15, 0.2) is 0 Å². The SMILES string of the molecule is CC1(C)CCN(Cc2ccc(O[B]Oc3ccc(CN4CCC(C)(C)C4)cc3)cc2)C1. The lowest BCUT2D eigenvalue weighted by atomic mass is 9.93. The van der Waals surface area contributed by atoms with Gasteiger partial charge in [-0.1, -0.05) is 52.0 Å². The lowest BCUT2D eigenvalue weighted by Gasteiger charge is -2.19. The minimum Gasteiger partial charge on any atom is -0.526 e. The molecular weight excluding hydrogens is 383 g/mol. The molecule has 2 aromatic rings. The summed E-state index contributed by atoms with van der Waals surface area (Å²) in [4.78, 5) is 5.05. The van der Waals surface area contributed by atoms with Gasteiger partial charge < -0.3 is 9.31 Å². The van der Waals surface area contributed by atoms with E-state index in [1.807, 2.05) is 24.3 Å². The van der Waals surface area contributed by atoms with Crippen molar-refractivity contribution in [2.75, 3.05) is 26.2 Å². The molecule has 2 heterocycles. The summed E-state index contributed by atoms with van der Waals surface area (Å²) >= 11 is 0. The summed E-state index contributed by atoms with van der Waals surface area (Å²) in [6.45, 7) is 16.1. The minimum atomic E-state index is 0.443. The Kier molecular flexibility index (Phi) is 6.64. The first kappa shape index (κ1) is 22.2. The molecule has 0 aliphatic carbocycles. The highest BCUT2D eigenvalue weighted by Gasteiger charge is 2.29. The Labute approximate surface area is 188 Å². The first-order valence-electron chi connectivity index (χ1n) is 11.5. The van der Waals surface area contributed by atoms with Gasteiger partial charge in [-0.15, -0.1) is 0 Å². The average Bonchev–Trinajstić information content (AvgIpc) is 3.24. The van der Waals surface area contributed by atoms with Gasteiger partial charge in [-0.05, 0) is 72.2 Å². The van der Waals surface area contributed by atoms with E-state index in [0.717, 1.165) is 24.6 Å². The normalized spacial score (nSPS) is 20.6. The van der Waals surface area contributed by atoms with Crippen LogP contribution in [0.1, 0.15) is 51.7 Å². The second kappa shape index (κ2) is 9.26. The fraction of sp³-hybridized carbons (Fsp3) is 0.538. The molecule has 2 saturated heterocycles. The van der Waals surface area contributed by atoms with Crippen molar-refractivity contribution in [3.8, 4) is 11.5 Å². The molecule has 0 spiro atoms. The zero-order valence-electron chi connectivity index (χ0n) is 19.6. The molecule has 5 heteroatoms. The molecule has 0 atom stereocenters. The van der Waals surface area contributed by atoms with Crippen molar-refractivity contribution in [2.45, 2.75) is 53.6 Å². The number of likely N-dealkylation sites (tertiary alicyclic amines) is 2. The number of nitrogens with zero attached hydrogens (tertiary/aromatic N) is 2. The summed E-state index contributed by atoms with van der Waals surface area (Å²) in [6, 6.07) is 16.6. The summed E-state index contributed by atoms with van der Waals surface area (Å²) in [5.41, 5.74) is 3.53. The van der Waals surface area contributed by atoms with Gasteiger partial charge in [0.2, 0.25) is 0 Å². The molecule has 31 heavy (non-hydrogen) atoms. The lowest BCUT2D eigenvalue weighted by Crippen LogP contribution is -2.22. The second-order valence-electron chi connectivity index (χ2n) is 10.9. The minimum absolute atomic E-state index is 0.443. The van der Waals surface area contributed by atoms with Crippen LogP contribution in [0.15, 0.2) is 48.5 Å². The molecule has 4 nitrogen and oxygen atoms in total. The largest absolute Gasteiger partial charge is 0.658 e. The molecule has 4 rings (SSSR count). The quantitative estimate of drug-likeness (QED) is 0.553. The molecular formula is C26H36BN2O2. The molecule has 0 saturated carbocycles. The summed E-state index contributed by atoms with van der Waals surface area (Å²) in [7, 11) is 1.41. The van der Waals surface area contributed by atoms with E-state index in [1.165, 1.54) is 57.8 Å². The third-order valence-electron chi connectivity index (χ3n) is 6.54. The van der Waals surface area contributed by atoms with E-state index in [0.29, 0.717) is 10.8 Å². The lowest BCUT2D eigenvalue weighted by molar-refractivity contribution is 0.284. The molecule has 0 amide bonds. The fourth-order valence-electron chi connectivity index (χ4n) is 4.72. The van der Waals surface area contributed by atoms with Gasteiger partial charge in [-0.2, -0.15) is 0 Å². The molecule has 2 aliphatic heterocycles. The Morgan fingerprint density at radius 2 is 1.06 bits per heavy atom. The fourth-order valence-corrected chi connectivity index (χ4v) is 4.72. The van der Waals surface area contributed by atoms with E-state index in [-0.39, 0.29) is 0 Å². The number of rotatable bonds is 8. The Balaban J connectivity index is 1.19. The van der Waals surface area contributed by atoms with Crippen LogP contribution in [0.25, 0.3) is 0 Å². The van der Waals surface area contributed by atoms with E-state index in [2.05, 4.69) is 61.8 Å². The molecule has 0 unspecified atom stereocenters. The van der Waals surface area contributed by atoms with Gasteiger partial charge in [-0.3, -0.25) is 9.80 Å². The summed E-state index contributed by atoms with van der Waals surface area (Å²) in [5.74, 6) is 1.58. The maximum atomic E-state index is 5.66. The van der Waals surface area contributed by atoms with Crippen molar-refractivity contribution in [1.82, 2.24) is 9.80 Å². The van der Waals surface area contributed by atoms with Crippen molar-refractivity contribution in [1.29, 1.82) is 0 Å². The Morgan fingerprint density at radius 1 is 0.677 bits per heavy atom. The maximum absolute atomic E-state index is 5.66. The van der Waals surface area contributed by atoms with Crippen LogP contribution in [-0.4, -0.2) is 43.7 Å². The second-order valence-corrected chi connectivity index (χ2v) is 10.9. The first-order valence-corrected chi connectivity index (χ1v) is 11.5. The third kappa shape index (κ3) is 6.50. The van der Waals surface area contributed by atoms with Crippen molar-refractivity contribution < 1.29 is 9.31 Å². The van der Waals surface area contributed by atoms with Gasteiger partial charge in [0.25, 0.3) is 0 Å². The zero-order chi connectivity index (χ0) is 21.9. The molecule has 2 aliphatic rings. The third-order valence-corrected chi connectivity index (χ3v) is 6.54. The molecule has 2 fully saturated rings. The summed E-state index contributed by atoms with van der Waals surface area (Å²) in [6.07, 6.45) is 2.55. The van der Waals surface area contributed by atoms with E-state index < -0.39 is 0 Å². The van der Waals surface area contributed by atoms with E-state index in [1.54, 1.807) is 0 Å². The van der Waals surface area contributed by atoms with Crippen LogP contribution in [0.5, 0.6) is 11.5 Å². The standard InChI is InChI=1S/C26H36BN2O2/c1-25(2)13-15-28(19-25)17-21-5-9-23(10-6-21)30-27-31-24-11-7-22(8-12-24)18-29-16-14-26(3,4)20-29/h5-12H,13-20H2,1-4H3. The van der Waals surface area contributed by atoms with Crippen molar-refractivity contribution >= 4 is 7.69 Å². The highest BCUT2D eigenvalue weighted by atomic mass is 16.6. The van der Waals surface area contributed by atoms with Crippen LogP contribution in [-0.2, 0) is 13.1 Å². The Hall–Kier alpha value is -1.98. The number of hydrogen-bond donors (Lipinski definition) is 0. The molecule has 0 aromatic heterocycles. The van der Waals surface area contributed by atoms with Crippen molar-refractivity contribution in [3.63, 3.8) is 0 Å². The van der Waals surface area contributed by atoms with Crippen LogP contribution < -0.4 is 9.31 Å². The predicted molar refractivity (Wildman–Crippen MR) is 127 cm³/mol. The Bertz CT molecular complexity index is 777. The van der Waals surface area contributed by atoms with Crippen LogP contribution >= 0.6 is 0 Å². The highest BCUT2D eigenvalue weighted by Crippen LogP contribution is 2.31. The van der Waals surface area contributed by atoms with Gasteiger partial charge in [-0.25, -0.2) is 0 Å². The highest BCUT2D eigenvalue weighted by molar-refractivity contribution is 6.20. The average molecular weight is 419 g/mol. The molecule has 165 valence electrons. The number of hydrogen-bond acceptors (Lipinski definition) is 4. The topological polar surface area (TPSA) is 24.9 Å². The van der Waals surface area contributed by atoms with Crippen molar-refractivity contribution in [3.05, 3.63) is 59.7 Å². The maximum Gasteiger partial charge on any atom is 0.658 e. The van der Waals surface area contributed by atoms with Crippen LogP contribution in [0.4, 0.5) is 0 Å². The summed E-state index contributed by atoms with van der Waals surface area (Å²) in [5, 5.41) is 0. The molecule has 2 aromatic carbocycles. The van der Waals surface area contributed by atoms with Crippen LogP contribution in [0, 0.1) is 10.8 Å². The number of benzene rings is 2. The van der Waals surface area contributed by atoms with Gasteiger partial charge in [0.1, 0.15) is 11.5 Å². The van der Waals surface area contributed by atoms with Crippen molar-refractivity contribution in [2.24, 2.45) is 10.8 Å². The molecule has 0 N–H and O–H groups in total. The first-order chi connectivity index (χ1) is 14.8. The molecule has 0 bridgehead atoms. The van der Waals surface area contributed by atoms with E-state index in [4.69, 9.17) is 9.31 Å². The van der Waals surface area contributed by atoms with Gasteiger partial charge >= 0.3 is 7.69 Å². The van der Waals surface area contributed by atoms with Gasteiger partial charge in [0.05, 0.1) is 0 Å². The monoisotopic (exact) mass is 419 g/mol. The predicted octanol–water partition coefficient (Wildman–Crippen LogP) is 5.14. The smallest absolute Gasteiger partial charge is 0.526 e. The van der Waals surface area contributed by atoms with Crippen LogP contribution in [0.3, 0.4) is 0 Å². The van der Waals surface area contributed by atoms with Gasteiger partial charge in [0, 0.05) is 26.2 Å².